The smallest absolute Gasteiger partial charge is 0.316 e. The van der Waals surface area contributed by atoms with Gasteiger partial charge in [-0.3, -0.25) is 9.69 Å². The van der Waals surface area contributed by atoms with E-state index in [2.05, 4.69) is 15.3 Å². The summed E-state index contributed by atoms with van der Waals surface area (Å²) in [5.74, 6) is 1.02. The molecule has 21 heavy (non-hydrogen) atoms. The summed E-state index contributed by atoms with van der Waals surface area (Å²) in [5, 5.41) is 7.48. The van der Waals surface area contributed by atoms with Gasteiger partial charge in [-0.1, -0.05) is 6.07 Å². The molecule has 2 aromatic rings. The standard InChI is InChI=1S/C14H17N5O2/c20-13(9-17-7-10-5-15-6-11(10)8-17)19-14(21)18-4-2-1-3-12(18)16-19/h1-4,10-11,15H,5-9H2/t10-,11+. The second-order valence-electron chi connectivity index (χ2n) is 5.89. The highest BCUT2D eigenvalue weighted by Crippen LogP contribution is 2.25. The van der Waals surface area contributed by atoms with Crippen LogP contribution in [0, 0.1) is 11.8 Å². The Balaban J connectivity index is 1.54. The molecule has 2 aromatic heterocycles. The molecule has 0 spiro atoms. The molecule has 0 aromatic carbocycles. The first-order valence-corrected chi connectivity index (χ1v) is 7.25. The van der Waals surface area contributed by atoms with Crippen LogP contribution in [0.5, 0.6) is 0 Å². The van der Waals surface area contributed by atoms with Crippen molar-refractivity contribution in [2.24, 2.45) is 11.8 Å². The van der Waals surface area contributed by atoms with E-state index in [0.29, 0.717) is 17.5 Å². The third-order valence-electron chi connectivity index (χ3n) is 4.49. The molecule has 0 saturated carbocycles. The Hall–Kier alpha value is -1.99. The van der Waals surface area contributed by atoms with Crippen LogP contribution in [0.2, 0.25) is 0 Å². The second kappa shape index (κ2) is 4.78. The Morgan fingerprint density at radius 3 is 2.76 bits per heavy atom. The zero-order valence-electron chi connectivity index (χ0n) is 11.6. The first-order chi connectivity index (χ1) is 10.2. The molecule has 0 amide bonds. The molecule has 0 aliphatic carbocycles. The van der Waals surface area contributed by atoms with Crippen LogP contribution in [0.3, 0.4) is 0 Å². The molecule has 110 valence electrons. The Labute approximate surface area is 121 Å². The molecule has 4 heterocycles. The van der Waals surface area contributed by atoms with Gasteiger partial charge in [-0.05, 0) is 37.1 Å². The minimum Gasteiger partial charge on any atom is -0.316 e. The lowest BCUT2D eigenvalue weighted by molar-refractivity contribution is 0.0838. The van der Waals surface area contributed by atoms with Crippen molar-refractivity contribution in [1.29, 1.82) is 0 Å². The number of carbonyl (C=O) groups excluding carboxylic acids is 1. The zero-order valence-corrected chi connectivity index (χ0v) is 11.6. The van der Waals surface area contributed by atoms with E-state index in [-0.39, 0.29) is 12.5 Å². The summed E-state index contributed by atoms with van der Waals surface area (Å²) in [6, 6.07) is 5.27. The van der Waals surface area contributed by atoms with Gasteiger partial charge in [-0.15, -0.1) is 9.78 Å². The van der Waals surface area contributed by atoms with Crippen LogP contribution in [0.4, 0.5) is 0 Å². The van der Waals surface area contributed by atoms with Crippen LogP contribution >= 0.6 is 0 Å². The fourth-order valence-corrected chi connectivity index (χ4v) is 3.43. The van der Waals surface area contributed by atoms with E-state index in [1.54, 1.807) is 24.4 Å². The first-order valence-electron chi connectivity index (χ1n) is 7.25. The van der Waals surface area contributed by atoms with Crippen LogP contribution in [-0.2, 0) is 0 Å². The number of aromatic nitrogens is 3. The van der Waals surface area contributed by atoms with Gasteiger partial charge in [-0.25, -0.2) is 9.20 Å². The van der Waals surface area contributed by atoms with Crippen LogP contribution in [-0.4, -0.2) is 57.7 Å². The highest BCUT2D eigenvalue weighted by Gasteiger charge is 2.36. The van der Waals surface area contributed by atoms with Crippen molar-refractivity contribution in [2.75, 3.05) is 32.7 Å². The number of hydrogen-bond acceptors (Lipinski definition) is 5. The van der Waals surface area contributed by atoms with E-state index in [1.807, 2.05) is 0 Å². The van der Waals surface area contributed by atoms with Gasteiger partial charge < -0.3 is 5.32 Å². The molecule has 2 saturated heterocycles. The molecule has 7 heteroatoms. The highest BCUT2D eigenvalue weighted by molar-refractivity contribution is 5.80. The summed E-state index contributed by atoms with van der Waals surface area (Å²) in [7, 11) is 0. The van der Waals surface area contributed by atoms with Gasteiger partial charge in [0.25, 0.3) is 5.91 Å². The summed E-state index contributed by atoms with van der Waals surface area (Å²) >= 11 is 0. The molecule has 2 aliphatic heterocycles. The van der Waals surface area contributed by atoms with E-state index in [1.165, 1.54) is 4.40 Å². The number of rotatable bonds is 2. The van der Waals surface area contributed by atoms with Crippen molar-refractivity contribution < 1.29 is 4.79 Å². The van der Waals surface area contributed by atoms with Crippen molar-refractivity contribution in [3.63, 3.8) is 0 Å². The molecule has 0 radical (unpaired) electrons. The average molecular weight is 287 g/mol. The van der Waals surface area contributed by atoms with Gasteiger partial charge in [0.1, 0.15) is 0 Å². The van der Waals surface area contributed by atoms with Crippen molar-refractivity contribution in [3.05, 3.63) is 34.9 Å². The monoisotopic (exact) mass is 287 g/mol. The number of fused-ring (bicyclic) bond motifs is 2. The molecule has 1 N–H and O–H groups in total. The fraction of sp³-hybridized carbons (Fsp3) is 0.500. The van der Waals surface area contributed by atoms with Crippen LogP contribution in [0.15, 0.2) is 29.2 Å². The summed E-state index contributed by atoms with van der Waals surface area (Å²) in [5.41, 5.74) is 0.106. The lowest BCUT2D eigenvalue weighted by Crippen LogP contribution is -2.37. The van der Waals surface area contributed by atoms with Crippen molar-refractivity contribution in [3.8, 4) is 0 Å². The van der Waals surface area contributed by atoms with E-state index in [9.17, 15) is 9.59 Å². The van der Waals surface area contributed by atoms with E-state index < -0.39 is 5.69 Å². The van der Waals surface area contributed by atoms with Crippen molar-refractivity contribution in [1.82, 2.24) is 24.4 Å². The number of nitrogens with zero attached hydrogens (tertiary/aromatic N) is 4. The number of hydrogen-bond donors (Lipinski definition) is 1. The van der Waals surface area contributed by atoms with Gasteiger partial charge >= 0.3 is 5.69 Å². The van der Waals surface area contributed by atoms with E-state index in [0.717, 1.165) is 30.9 Å². The number of carbonyl (C=O) groups is 1. The normalized spacial score (nSPS) is 25.5. The fourth-order valence-electron chi connectivity index (χ4n) is 3.43. The zero-order chi connectivity index (χ0) is 14.4. The van der Waals surface area contributed by atoms with Gasteiger partial charge in [0, 0.05) is 19.3 Å². The maximum absolute atomic E-state index is 12.3. The lowest BCUT2D eigenvalue weighted by Gasteiger charge is -2.14. The number of nitrogens with one attached hydrogen (secondary N) is 1. The van der Waals surface area contributed by atoms with E-state index >= 15 is 0 Å². The summed E-state index contributed by atoms with van der Waals surface area (Å²) in [6.07, 6.45) is 1.63. The molecule has 0 unspecified atom stereocenters. The average Bonchev–Trinajstić information content (AvgIpc) is 3.13. The number of pyridine rings is 1. The molecule has 2 aliphatic rings. The predicted octanol–water partition coefficient (Wildman–Crippen LogP) is -0.713. The van der Waals surface area contributed by atoms with Crippen LogP contribution in [0.1, 0.15) is 4.79 Å². The third-order valence-corrected chi connectivity index (χ3v) is 4.49. The number of likely N-dealkylation sites (tertiary alicyclic amines) is 1. The Morgan fingerprint density at radius 2 is 2.05 bits per heavy atom. The molecule has 0 bridgehead atoms. The van der Waals surface area contributed by atoms with Crippen molar-refractivity contribution in [2.45, 2.75) is 0 Å². The quantitative estimate of drug-likeness (QED) is 0.790. The summed E-state index contributed by atoms with van der Waals surface area (Å²) < 4.78 is 2.38. The topological polar surface area (TPSA) is 71.6 Å². The van der Waals surface area contributed by atoms with Crippen LogP contribution < -0.4 is 11.0 Å². The molecular weight excluding hydrogens is 270 g/mol. The van der Waals surface area contributed by atoms with Gasteiger partial charge in [0.2, 0.25) is 0 Å². The van der Waals surface area contributed by atoms with Crippen LogP contribution in [0.25, 0.3) is 5.65 Å². The molecule has 4 rings (SSSR count). The lowest BCUT2D eigenvalue weighted by atomic mass is 10.0. The Morgan fingerprint density at radius 1 is 1.29 bits per heavy atom. The summed E-state index contributed by atoms with van der Waals surface area (Å²) in [4.78, 5) is 26.6. The third kappa shape index (κ3) is 2.09. The Bertz CT molecular complexity index is 737. The molecule has 7 nitrogen and oxygen atoms in total. The molecular formula is C14H17N5O2. The maximum atomic E-state index is 12.3. The summed E-state index contributed by atoms with van der Waals surface area (Å²) in [6.45, 7) is 4.17. The van der Waals surface area contributed by atoms with Gasteiger partial charge in [0.15, 0.2) is 5.65 Å². The Kier molecular flexibility index (Phi) is 2.90. The van der Waals surface area contributed by atoms with Gasteiger partial charge in [0.05, 0.1) is 6.54 Å². The predicted molar refractivity (Wildman–Crippen MR) is 76.4 cm³/mol. The SMILES string of the molecule is O=C(CN1C[C@H]2CNC[C@H]2C1)n1nc2ccccn2c1=O. The molecule has 2 atom stereocenters. The van der Waals surface area contributed by atoms with E-state index in [4.69, 9.17) is 0 Å². The minimum atomic E-state index is -0.392. The largest absolute Gasteiger partial charge is 0.357 e. The minimum absolute atomic E-state index is 0.253. The van der Waals surface area contributed by atoms with Gasteiger partial charge in [-0.2, -0.15) is 0 Å². The van der Waals surface area contributed by atoms with Crippen molar-refractivity contribution >= 4 is 11.6 Å². The second-order valence-corrected chi connectivity index (χ2v) is 5.89. The first kappa shape index (κ1) is 12.7. The maximum Gasteiger partial charge on any atom is 0.357 e. The molecule has 2 fully saturated rings. The highest BCUT2D eigenvalue weighted by atomic mass is 16.2.